The summed E-state index contributed by atoms with van der Waals surface area (Å²) >= 11 is 5.68. The molecule has 1 aliphatic rings. The summed E-state index contributed by atoms with van der Waals surface area (Å²) in [5.74, 6) is -4.17. The lowest BCUT2D eigenvalue weighted by atomic mass is 9.92. The summed E-state index contributed by atoms with van der Waals surface area (Å²) in [5, 5.41) is 20.6. The quantitative estimate of drug-likeness (QED) is 0.714. The number of alkyl halides is 5. The number of pyridine rings is 1. The van der Waals surface area contributed by atoms with E-state index < -0.39 is 60.3 Å². The van der Waals surface area contributed by atoms with Crippen LogP contribution in [0.4, 0.5) is 22.0 Å². The van der Waals surface area contributed by atoms with Gasteiger partial charge in [-0.3, -0.25) is 0 Å². The Labute approximate surface area is 166 Å². The lowest BCUT2D eigenvalue weighted by Gasteiger charge is -2.40. The van der Waals surface area contributed by atoms with Crippen molar-refractivity contribution in [2.75, 3.05) is 6.61 Å². The fourth-order valence-electron chi connectivity index (χ4n) is 2.85. The summed E-state index contributed by atoms with van der Waals surface area (Å²) in [6.45, 7) is -0.607. The number of aromatic nitrogens is 1. The molecule has 29 heavy (non-hydrogen) atoms. The van der Waals surface area contributed by atoms with Gasteiger partial charge in [-0.25, -0.2) is 4.98 Å². The zero-order valence-corrected chi connectivity index (χ0v) is 15.2. The second kappa shape index (κ2) is 8.02. The fourth-order valence-corrected chi connectivity index (χ4v) is 2.97. The first-order valence-corrected chi connectivity index (χ1v) is 8.70. The maximum absolute atomic E-state index is 14.7. The standard InChI is InChI=1S/C18H15ClF5NO4/c19-10-6-4-9(5-7-10)17(20,21)16-15(27)14(26)11(8-28-16)29-13-3-1-2-12(25-13)18(22,23)24/h1-7,11,14-16,26-27H,8H2/t11-,14+,15+,16?/m0/s1. The van der Waals surface area contributed by atoms with E-state index in [0.717, 1.165) is 30.3 Å². The number of aliphatic hydroxyl groups is 2. The van der Waals surface area contributed by atoms with Crippen LogP contribution in [0.5, 0.6) is 5.88 Å². The number of halogens is 6. The molecule has 1 saturated heterocycles. The molecular formula is C18H15ClF5NO4. The predicted molar refractivity (Wildman–Crippen MR) is 90.8 cm³/mol. The van der Waals surface area contributed by atoms with Crippen molar-refractivity contribution in [3.05, 3.63) is 58.7 Å². The van der Waals surface area contributed by atoms with Gasteiger partial charge in [0, 0.05) is 16.7 Å². The van der Waals surface area contributed by atoms with Gasteiger partial charge in [0.2, 0.25) is 5.88 Å². The van der Waals surface area contributed by atoms with Crippen molar-refractivity contribution in [2.24, 2.45) is 0 Å². The van der Waals surface area contributed by atoms with Gasteiger partial charge < -0.3 is 19.7 Å². The van der Waals surface area contributed by atoms with Crippen molar-refractivity contribution in [3.63, 3.8) is 0 Å². The van der Waals surface area contributed by atoms with E-state index in [1.54, 1.807) is 0 Å². The van der Waals surface area contributed by atoms with Gasteiger partial charge in [0.15, 0.2) is 12.2 Å². The van der Waals surface area contributed by atoms with Gasteiger partial charge in [-0.15, -0.1) is 0 Å². The summed E-state index contributed by atoms with van der Waals surface area (Å²) in [6.07, 6.45) is -12.2. The monoisotopic (exact) mass is 439 g/mol. The average Bonchev–Trinajstić information content (AvgIpc) is 2.65. The molecule has 0 aliphatic carbocycles. The first-order valence-electron chi connectivity index (χ1n) is 8.32. The van der Waals surface area contributed by atoms with Crippen LogP contribution in [-0.4, -0.2) is 46.2 Å². The zero-order valence-electron chi connectivity index (χ0n) is 14.5. The molecule has 0 saturated carbocycles. The van der Waals surface area contributed by atoms with Crippen LogP contribution in [0.3, 0.4) is 0 Å². The van der Waals surface area contributed by atoms with Crippen LogP contribution in [0, 0.1) is 0 Å². The SMILES string of the molecule is O[C@@H]1[C@@H](Oc2cccc(C(F)(F)F)n2)COC(C(F)(F)c2ccc(Cl)cc2)[C@@H]1O. The molecule has 1 fully saturated rings. The largest absolute Gasteiger partial charge is 0.469 e. The molecule has 3 rings (SSSR count). The third-order valence-electron chi connectivity index (χ3n) is 4.35. The Bertz CT molecular complexity index is 849. The van der Waals surface area contributed by atoms with Crippen LogP contribution in [0.15, 0.2) is 42.5 Å². The van der Waals surface area contributed by atoms with Crippen LogP contribution in [-0.2, 0) is 16.8 Å². The predicted octanol–water partition coefficient (Wildman–Crippen LogP) is 3.41. The van der Waals surface area contributed by atoms with Crippen molar-refractivity contribution < 1.29 is 41.6 Å². The highest BCUT2D eigenvalue weighted by atomic mass is 35.5. The van der Waals surface area contributed by atoms with Crippen molar-refractivity contribution in [1.29, 1.82) is 0 Å². The van der Waals surface area contributed by atoms with Gasteiger partial charge in [0.05, 0.1) is 6.61 Å². The molecule has 158 valence electrons. The van der Waals surface area contributed by atoms with Crippen molar-refractivity contribution >= 4 is 11.6 Å². The van der Waals surface area contributed by atoms with Crippen LogP contribution in [0.2, 0.25) is 5.02 Å². The lowest BCUT2D eigenvalue weighted by Crippen LogP contribution is -2.59. The number of ether oxygens (including phenoxy) is 2. The topological polar surface area (TPSA) is 71.8 Å². The van der Waals surface area contributed by atoms with Crippen LogP contribution in [0.25, 0.3) is 0 Å². The van der Waals surface area contributed by atoms with Gasteiger partial charge in [0.1, 0.15) is 17.9 Å². The van der Waals surface area contributed by atoms with E-state index >= 15 is 0 Å². The molecule has 1 aliphatic heterocycles. The summed E-state index contributed by atoms with van der Waals surface area (Å²) in [7, 11) is 0. The highest BCUT2D eigenvalue weighted by Gasteiger charge is 2.53. The van der Waals surface area contributed by atoms with Crippen molar-refractivity contribution in [2.45, 2.75) is 36.5 Å². The molecule has 0 bridgehead atoms. The minimum atomic E-state index is -4.72. The molecule has 0 radical (unpaired) electrons. The van der Waals surface area contributed by atoms with Crippen LogP contribution < -0.4 is 4.74 Å². The number of hydrogen-bond donors (Lipinski definition) is 2. The third-order valence-corrected chi connectivity index (χ3v) is 4.61. The Kier molecular flexibility index (Phi) is 6.00. The van der Waals surface area contributed by atoms with E-state index in [0.29, 0.717) is 0 Å². The van der Waals surface area contributed by atoms with E-state index in [-0.39, 0.29) is 5.02 Å². The number of nitrogens with zero attached hydrogens (tertiary/aromatic N) is 1. The number of benzene rings is 1. The van der Waals surface area contributed by atoms with Gasteiger partial charge in [-0.05, 0) is 18.2 Å². The zero-order chi connectivity index (χ0) is 21.4. The third kappa shape index (κ3) is 4.61. The first-order chi connectivity index (χ1) is 13.5. The summed E-state index contributed by atoms with van der Waals surface area (Å²) < 4.78 is 77.8. The van der Waals surface area contributed by atoms with E-state index in [2.05, 4.69) is 4.98 Å². The highest BCUT2D eigenvalue weighted by Crippen LogP contribution is 2.39. The maximum atomic E-state index is 14.7. The van der Waals surface area contributed by atoms with E-state index in [9.17, 15) is 32.2 Å². The molecule has 0 spiro atoms. The average molecular weight is 440 g/mol. The van der Waals surface area contributed by atoms with Gasteiger partial charge in [-0.1, -0.05) is 29.8 Å². The van der Waals surface area contributed by atoms with E-state index in [1.165, 1.54) is 12.1 Å². The second-order valence-corrected chi connectivity index (χ2v) is 6.82. The van der Waals surface area contributed by atoms with Crippen molar-refractivity contribution in [1.82, 2.24) is 4.98 Å². The number of rotatable bonds is 4. The maximum Gasteiger partial charge on any atom is 0.433 e. The Hall–Kier alpha value is -2.01. The fraction of sp³-hybridized carbons (Fsp3) is 0.389. The summed E-state index contributed by atoms with van der Waals surface area (Å²) in [6, 6.07) is 7.44. The molecule has 2 aromatic rings. The molecule has 1 aromatic heterocycles. The molecule has 1 aromatic carbocycles. The minimum absolute atomic E-state index is 0.233. The molecule has 11 heteroatoms. The molecular weight excluding hydrogens is 425 g/mol. The van der Waals surface area contributed by atoms with Gasteiger partial charge >= 0.3 is 12.1 Å². The molecule has 0 amide bonds. The summed E-state index contributed by atoms with van der Waals surface area (Å²) in [4.78, 5) is 3.27. The normalized spacial score (nSPS) is 25.7. The number of hydrogen-bond acceptors (Lipinski definition) is 5. The van der Waals surface area contributed by atoms with Gasteiger partial charge in [0.25, 0.3) is 0 Å². The molecule has 2 N–H and O–H groups in total. The Balaban J connectivity index is 1.74. The highest BCUT2D eigenvalue weighted by molar-refractivity contribution is 6.30. The first kappa shape index (κ1) is 21.7. The van der Waals surface area contributed by atoms with Gasteiger partial charge in [-0.2, -0.15) is 22.0 Å². The van der Waals surface area contributed by atoms with E-state index in [4.69, 9.17) is 21.1 Å². The second-order valence-electron chi connectivity index (χ2n) is 6.38. The molecule has 5 nitrogen and oxygen atoms in total. The molecule has 1 unspecified atom stereocenters. The molecule has 2 heterocycles. The summed E-state index contributed by atoms with van der Waals surface area (Å²) in [5.41, 5.74) is -1.72. The van der Waals surface area contributed by atoms with Crippen LogP contribution in [0.1, 0.15) is 11.3 Å². The Morgan fingerprint density at radius 1 is 1.00 bits per heavy atom. The lowest BCUT2D eigenvalue weighted by molar-refractivity contribution is -0.250. The minimum Gasteiger partial charge on any atom is -0.469 e. The number of aliphatic hydroxyl groups excluding tert-OH is 2. The van der Waals surface area contributed by atoms with Crippen LogP contribution >= 0.6 is 11.6 Å². The smallest absolute Gasteiger partial charge is 0.433 e. The Morgan fingerprint density at radius 3 is 2.28 bits per heavy atom. The Morgan fingerprint density at radius 2 is 1.66 bits per heavy atom. The van der Waals surface area contributed by atoms with E-state index in [1.807, 2.05) is 0 Å². The molecule has 4 atom stereocenters. The van der Waals surface area contributed by atoms with Crippen molar-refractivity contribution in [3.8, 4) is 5.88 Å².